The van der Waals surface area contributed by atoms with Gasteiger partial charge in [-0.05, 0) is 36.8 Å². The van der Waals surface area contributed by atoms with E-state index in [-0.39, 0.29) is 5.69 Å². The number of hydrogen-bond acceptors (Lipinski definition) is 5. The first-order chi connectivity index (χ1) is 10.2. The SMILES string of the molecule is COc1cc(CNC2CCOC2C2CC2)cc([N+](=O)[O-])c1. The maximum Gasteiger partial charge on any atom is 0.273 e. The number of nitrogens with zero attached hydrogens (tertiary/aromatic N) is 1. The van der Waals surface area contributed by atoms with Crippen molar-refractivity contribution in [2.75, 3.05) is 13.7 Å². The quantitative estimate of drug-likeness (QED) is 0.643. The molecule has 0 amide bonds. The first kappa shape index (κ1) is 14.3. The number of nitrogens with one attached hydrogen (secondary N) is 1. The van der Waals surface area contributed by atoms with Crippen molar-refractivity contribution in [1.29, 1.82) is 0 Å². The molecule has 1 heterocycles. The highest BCUT2D eigenvalue weighted by molar-refractivity contribution is 5.42. The first-order valence-electron chi connectivity index (χ1n) is 7.34. The summed E-state index contributed by atoms with van der Waals surface area (Å²) < 4.78 is 10.9. The summed E-state index contributed by atoms with van der Waals surface area (Å²) in [5.74, 6) is 1.21. The predicted molar refractivity (Wildman–Crippen MR) is 77.4 cm³/mol. The Kier molecular flexibility index (Phi) is 4.07. The van der Waals surface area contributed by atoms with Crippen molar-refractivity contribution < 1.29 is 14.4 Å². The number of non-ortho nitro benzene ring substituents is 1. The molecule has 0 bridgehead atoms. The van der Waals surface area contributed by atoms with Crippen molar-refractivity contribution in [2.45, 2.75) is 38.0 Å². The summed E-state index contributed by atoms with van der Waals surface area (Å²) in [6.07, 6.45) is 3.83. The number of benzene rings is 1. The summed E-state index contributed by atoms with van der Waals surface area (Å²) in [4.78, 5) is 10.5. The van der Waals surface area contributed by atoms with E-state index in [0.717, 1.165) is 18.6 Å². The Balaban J connectivity index is 1.66. The minimum atomic E-state index is -0.391. The summed E-state index contributed by atoms with van der Waals surface area (Å²) in [7, 11) is 1.52. The van der Waals surface area contributed by atoms with E-state index in [2.05, 4.69) is 5.32 Å². The van der Waals surface area contributed by atoms with Crippen LogP contribution in [0.5, 0.6) is 5.75 Å². The van der Waals surface area contributed by atoms with E-state index in [0.29, 0.717) is 30.4 Å². The molecule has 0 radical (unpaired) electrons. The zero-order valence-corrected chi connectivity index (χ0v) is 12.1. The van der Waals surface area contributed by atoms with E-state index in [1.54, 1.807) is 6.07 Å². The van der Waals surface area contributed by atoms with Crippen molar-refractivity contribution in [3.8, 4) is 5.75 Å². The molecule has 2 atom stereocenters. The normalized spacial score (nSPS) is 25.0. The Morgan fingerprint density at radius 2 is 2.19 bits per heavy atom. The van der Waals surface area contributed by atoms with Crippen LogP contribution >= 0.6 is 0 Å². The Hall–Kier alpha value is -1.66. The van der Waals surface area contributed by atoms with Gasteiger partial charge in [-0.1, -0.05) is 0 Å². The molecule has 1 aliphatic carbocycles. The van der Waals surface area contributed by atoms with Gasteiger partial charge in [0.05, 0.1) is 24.2 Å². The zero-order chi connectivity index (χ0) is 14.8. The average molecular weight is 292 g/mol. The molecule has 1 aromatic rings. The van der Waals surface area contributed by atoms with Crippen molar-refractivity contribution in [3.63, 3.8) is 0 Å². The molecule has 2 fully saturated rings. The minimum Gasteiger partial charge on any atom is -0.496 e. The second kappa shape index (κ2) is 5.99. The van der Waals surface area contributed by atoms with Crippen LogP contribution in [0.3, 0.4) is 0 Å². The molecule has 21 heavy (non-hydrogen) atoms. The highest BCUT2D eigenvalue weighted by Gasteiger charge is 2.40. The van der Waals surface area contributed by atoms with Gasteiger partial charge in [0.25, 0.3) is 5.69 Å². The number of ether oxygens (including phenoxy) is 2. The average Bonchev–Trinajstić information content (AvgIpc) is 3.23. The molecule has 0 spiro atoms. The van der Waals surface area contributed by atoms with Crippen LogP contribution < -0.4 is 10.1 Å². The number of methoxy groups -OCH3 is 1. The number of nitro benzene ring substituents is 1. The Labute approximate surface area is 123 Å². The predicted octanol–water partition coefficient (Wildman–Crippen LogP) is 2.26. The lowest BCUT2D eigenvalue weighted by Gasteiger charge is -2.19. The smallest absolute Gasteiger partial charge is 0.273 e. The topological polar surface area (TPSA) is 73.6 Å². The van der Waals surface area contributed by atoms with Crippen molar-refractivity contribution in [3.05, 3.63) is 33.9 Å². The molecule has 1 saturated carbocycles. The maximum absolute atomic E-state index is 10.9. The molecule has 1 saturated heterocycles. The van der Waals surface area contributed by atoms with Gasteiger partial charge in [-0.15, -0.1) is 0 Å². The van der Waals surface area contributed by atoms with Crippen LogP contribution in [0.2, 0.25) is 0 Å². The van der Waals surface area contributed by atoms with Crippen LogP contribution in [0, 0.1) is 16.0 Å². The Morgan fingerprint density at radius 3 is 2.86 bits per heavy atom. The lowest BCUT2D eigenvalue weighted by Crippen LogP contribution is -2.37. The largest absolute Gasteiger partial charge is 0.496 e. The van der Waals surface area contributed by atoms with Gasteiger partial charge in [-0.2, -0.15) is 0 Å². The standard InChI is InChI=1S/C15H20N2O4/c1-20-13-7-10(6-12(8-13)17(18)19)9-16-14-4-5-21-15(14)11-2-3-11/h6-8,11,14-16H,2-5,9H2,1H3. The summed E-state index contributed by atoms with van der Waals surface area (Å²) in [5.41, 5.74) is 0.926. The van der Waals surface area contributed by atoms with Crippen LogP contribution in [0.4, 0.5) is 5.69 Å². The van der Waals surface area contributed by atoms with E-state index in [9.17, 15) is 10.1 Å². The van der Waals surface area contributed by atoms with Crippen molar-refractivity contribution in [2.24, 2.45) is 5.92 Å². The summed E-state index contributed by atoms with van der Waals surface area (Å²) in [5, 5.41) is 14.4. The molecular formula is C15H20N2O4. The Bertz CT molecular complexity index is 530. The molecule has 1 aromatic carbocycles. The fourth-order valence-corrected chi connectivity index (χ4v) is 2.94. The van der Waals surface area contributed by atoms with Crippen LogP contribution in [0.15, 0.2) is 18.2 Å². The molecular weight excluding hydrogens is 272 g/mol. The summed E-state index contributed by atoms with van der Waals surface area (Å²) in [6, 6.07) is 5.22. The second-order valence-corrected chi connectivity index (χ2v) is 5.75. The van der Waals surface area contributed by atoms with Gasteiger partial charge in [0.2, 0.25) is 0 Å². The third-order valence-corrected chi connectivity index (χ3v) is 4.19. The van der Waals surface area contributed by atoms with E-state index in [1.807, 2.05) is 6.07 Å². The van der Waals surface area contributed by atoms with Gasteiger partial charge in [-0.3, -0.25) is 10.1 Å². The number of hydrogen-bond donors (Lipinski definition) is 1. The van der Waals surface area contributed by atoms with E-state index in [4.69, 9.17) is 9.47 Å². The summed E-state index contributed by atoms with van der Waals surface area (Å²) in [6.45, 7) is 1.40. The van der Waals surface area contributed by atoms with Crippen molar-refractivity contribution >= 4 is 5.69 Å². The van der Waals surface area contributed by atoms with Gasteiger partial charge < -0.3 is 14.8 Å². The lowest BCUT2D eigenvalue weighted by atomic mass is 10.1. The third kappa shape index (κ3) is 3.33. The summed E-state index contributed by atoms with van der Waals surface area (Å²) >= 11 is 0. The van der Waals surface area contributed by atoms with Crippen LogP contribution in [-0.2, 0) is 11.3 Å². The van der Waals surface area contributed by atoms with Crippen LogP contribution in [0.1, 0.15) is 24.8 Å². The van der Waals surface area contributed by atoms with Gasteiger partial charge in [0.1, 0.15) is 5.75 Å². The maximum atomic E-state index is 10.9. The molecule has 6 heteroatoms. The minimum absolute atomic E-state index is 0.0626. The monoisotopic (exact) mass is 292 g/mol. The molecule has 3 rings (SSSR count). The second-order valence-electron chi connectivity index (χ2n) is 5.75. The van der Waals surface area contributed by atoms with Crippen LogP contribution in [-0.4, -0.2) is 30.8 Å². The molecule has 2 aliphatic rings. The van der Waals surface area contributed by atoms with Gasteiger partial charge in [0, 0.05) is 25.3 Å². The van der Waals surface area contributed by atoms with Gasteiger partial charge >= 0.3 is 0 Å². The molecule has 114 valence electrons. The van der Waals surface area contributed by atoms with E-state index >= 15 is 0 Å². The third-order valence-electron chi connectivity index (χ3n) is 4.19. The highest BCUT2D eigenvalue weighted by Crippen LogP contribution is 2.38. The fourth-order valence-electron chi connectivity index (χ4n) is 2.94. The van der Waals surface area contributed by atoms with Crippen molar-refractivity contribution in [1.82, 2.24) is 5.32 Å². The first-order valence-corrected chi connectivity index (χ1v) is 7.34. The van der Waals surface area contributed by atoms with E-state index < -0.39 is 4.92 Å². The molecule has 6 nitrogen and oxygen atoms in total. The number of nitro groups is 1. The zero-order valence-electron chi connectivity index (χ0n) is 12.1. The fraction of sp³-hybridized carbons (Fsp3) is 0.600. The van der Waals surface area contributed by atoms with Gasteiger partial charge in [-0.25, -0.2) is 0 Å². The van der Waals surface area contributed by atoms with Crippen LogP contribution in [0.25, 0.3) is 0 Å². The Morgan fingerprint density at radius 1 is 1.38 bits per heavy atom. The highest BCUT2D eigenvalue weighted by atomic mass is 16.6. The molecule has 1 aliphatic heterocycles. The molecule has 1 N–H and O–H groups in total. The number of rotatable bonds is 6. The van der Waals surface area contributed by atoms with E-state index in [1.165, 1.54) is 26.0 Å². The van der Waals surface area contributed by atoms with Gasteiger partial charge in [0.15, 0.2) is 0 Å². The molecule has 0 aromatic heterocycles. The lowest BCUT2D eigenvalue weighted by molar-refractivity contribution is -0.385. The molecule has 2 unspecified atom stereocenters.